The first-order valence-corrected chi connectivity index (χ1v) is 6.02. The molecule has 0 radical (unpaired) electrons. The highest BCUT2D eigenvalue weighted by atomic mass is 16.2. The number of hydrogen-bond acceptors (Lipinski definition) is 2. The number of amides is 1. The Morgan fingerprint density at radius 1 is 1.29 bits per heavy atom. The summed E-state index contributed by atoms with van der Waals surface area (Å²) in [6.45, 7) is 7.20. The Balaban J connectivity index is 2.45. The van der Waals surface area contributed by atoms with Crippen molar-refractivity contribution in [1.29, 1.82) is 0 Å². The second-order valence-corrected chi connectivity index (χ2v) is 4.77. The van der Waals surface area contributed by atoms with Crippen LogP contribution in [0.25, 0.3) is 0 Å². The van der Waals surface area contributed by atoms with Crippen LogP contribution in [-0.4, -0.2) is 30.4 Å². The number of aryl methyl sites for hydroxylation is 1. The fourth-order valence-corrected chi connectivity index (χ4v) is 1.48. The van der Waals surface area contributed by atoms with Gasteiger partial charge >= 0.3 is 0 Å². The number of benzene rings is 1. The van der Waals surface area contributed by atoms with E-state index in [-0.39, 0.29) is 5.91 Å². The lowest BCUT2D eigenvalue weighted by atomic mass is 10.1. The lowest BCUT2D eigenvalue weighted by molar-refractivity contribution is -0.129. The fraction of sp³-hybridized carbons (Fsp3) is 0.500. The van der Waals surface area contributed by atoms with Crippen molar-refractivity contribution >= 4 is 5.91 Å². The lowest BCUT2D eigenvalue weighted by Gasteiger charge is -2.18. The summed E-state index contributed by atoms with van der Waals surface area (Å²) < 4.78 is 0. The molecule has 0 aliphatic rings. The lowest BCUT2D eigenvalue weighted by Crippen LogP contribution is -2.37. The largest absolute Gasteiger partial charge is 0.340 e. The Kier molecular flexibility index (Phi) is 5.16. The normalized spacial score (nSPS) is 10.6. The summed E-state index contributed by atoms with van der Waals surface area (Å²) in [6, 6.07) is 8.61. The van der Waals surface area contributed by atoms with E-state index in [1.165, 1.54) is 5.56 Å². The van der Waals surface area contributed by atoms with Crippen LogP contribution in [0, 0.1) is 6.92 Å². The molecule has 0 unspecified atom stereocenters. The van der Waals surface area contributed by atoms with Gasteiger partial charge in [0.1, 0.15) is 0 Å². The Hall–Kier alpha value is -1.35. The van der Waals surface area contributed by atoms with Crippen molar-refractivity contribution in [3.63, 3.8) is 0 Å². The fourth-order valence-electron chi connectivity index (χ4n) is 1.48. The Morgan fingerprint density at radius 2 is 1.88 bits per heavy atom. The summed E-state index contributed by atoms with van der Waals surface area (Å²) >= 11 is 0. The van der Waals surface area contributed by atoms with Gasteiger partial charge in [-0.15, -0.1) is 0 Å². The molecule has 3 nitrogen and oxygen atoms in total. The van der Waals surface area contributed by atoms with Crippen LogP contribution in [0.2, 0.25) is 0 Å². The average Bonchev–Trinajstić information content (AvgIpc) is 2.28. The molecule has 0 aliphatic carbocycles. The van der Waals surface area contributed by atoms with Gasteiger partial charge in [-0.2, -0.15) is 0 Å². The van der Waals surface area contributed by atoms with E-state index in [1.54, 1.807) is 4.90 Å². The zero-order valence-corrected chi connectivity index (χ0v) is 11.2. The van der Waals surface area contributed by atoms with Crippen molar-refractivity contribution in [1.82, 2.24) is 10.2 Å². The van der Waals surface area contributed by atoms with Gasteiger partial charge in [0.15, 0.2) is 0 Å². The third-order valence-corrected chi connectivity index (χ3v) is 2.63. The molecule has 0 saturated heterocycles. The summed E-state index contributed by atoms with van der Waals surface area (Å²) in [4.78, 5) is 13.5. The standard InChI is InChI=1S/C14H22N2O/c1-11(2)15-9-14(17)16(4)10-13-7-5-12(3)6-8-13/h5-8,11,15H,9-10H2,1-4H3. The number of carbonyl (C=O) groups excluding carboxylic acids is 1. The van der Waals surface area contributed by atoms with E-state index in [1.807, 2.05) is 20.9 Å². The van der Waals surface area contributed by atoms with E-state index in [4.69, 9.17) is 0 Å². The molecular weight excluding hydrogens is 212 g/mol. The summed E-state index contributed by atoms with van der Waals surface area (Å²) in [5.41, 5.74) is 2.40. The highest BCUT2D eigenvalue weighted by Crippen LogP contribution is 2.05. The van der Waals surface area contributed by atoms with Crippen LogP contribution in [0.4, 0.5) is 0 Å². The van der Waals surface area contributed by atoms with Crippen molar-refractivity contribution < 1.29 is 4.79 Å². The molecule has 0 atom stereocenters. The van der Waals surface area contributed by atoms with E-state index in [0.29, 0.717) is 19.1 Å². The molecule has 0 bridgehead atoms. The number of nitrogens with one attached hydrogen (secondary N) is 1. The summed E-state index contributed by atoms with van der Waals surface area (Å²) in [5.74, 6) is 0.124. The van der Waals surface area contributed by atoms with E-state index in [2.05, 4.69) is 36.5 Å². The maximum absolute atomic E-state index is 11.8. The quantitative estimate of drug-likeness (QED) is 0.844. The first kappa shape index (κ1) is 13.7. The van der Waals surface area contributed by atoms with Crippen molar-refractivity contribution in [2.75, 3.05) is 13.6 Å². The monoisotopic (exact) mass is 234 g/mol. The second-order valence-electron chi connectivity index (χ2n) is 4.77. The molecule has 1 rings (SSSR count). The number of likely N-dealkylation sites (N-methyl/N-ethyl adjacent to an activating group) is 1. The minimum absolute atomic E-state index is 0.124. The van der Waals surface area contributed by atoms with Crippen LogP contribution in [0.3, 0.4) is 0 Å². The number of carbonyl (C=O) groups is 1. The van der Waals surface area contributed by atoms with Gasteiger partial charge in [0.25, 0.3) is 0 Å². The zero-order chi connectivity index (χ0) is 12.8. The Labute approximate surface area is 104 Å². The van der Waals surface area contributed by atoms with Gasteiger partial charge in [0.2, 0.25) is 5.91 Å². The summed E-state index contributed by atoms with van der Waals surface area (Å²) in [6.07, 6.45) is 0. The minimum Gasteiger partial charge on any atom is -0.340 e. The van der Waals surface area contributed by atoms with E-state index in [0.717, 1.165) is 5.56 Å². The number of rotatable bonds is 5. The van der Waals surface area contributed by atoms with Gasteiger partial charge in [-0.05, 0) is 12.5 Å². The number of nitrogens with zero attached hydrogens (tertiary/aromatic N) is 1. The maximum Gasteiger partial charge on any atom is 0.236 e. The molecule has 3 heteroatoms. The summed E-state index contributed by atoms with van der Waals surface area (Å²) in [5, 5.41) is 3.13. The van der Waals surface area contributed by atoms with Crippen molar-refractivity contribution in [2.24, 2.45) is 0 Å². The van der Waals surface area contributed by atoms with Gasteiger partial charge < -0.3 is 10.2 Å². The predicted molar refractivity (Wildman–Crippen MR) is 70.8 cm³/mol. The highest BCUT2D eigenvalue weighted by Gasteiger charge is 2.09. The average molecular weight is 234 g/mol. The van der Waals surface area contributed by atoms with Gasteiger partial charge in [-0.25, -0.2) is 0 Å². The third kappa shape index (κ3) is 5.00. The van der Waals surface area contributed by atoms with Crippen LogP contribution >= 0.6 is 0 Å². The first-order valence-electron chi connectivity index (χ1n) is 6.02. The molecule has 1 amide bonds. The maximum atomic E-state index is 11.8. The number of hydrogen-bond donors (Lipinski definition) is 1. The predicted octanol–water partition coefficient (Wildman–Crippen LogP) is 1.95. The Bertz CT molecular complexity index is 357. The van der Waals surface area contributed by atoms with Gasteiger partial charge in [-0.1, -0.05) is 43.7 Å². The molecule has 0 fully saturated rings. The van der Waals surface area contributed by atoms with Crippen LogP contribution in [0.1, 0.15) is 25.0 Å². The molecule has 94 valence electrons. The van der Waals surface area contributed by atoms with E-state index >= 15 is 0 Å². The third-order valence-electron chi connectivity index (χ3n) is 2.63. The van der Waals surface area contributed by atoms with E-state index in [9.17, 15) is 4.79 Å². The Morgan fingerprint density at radius 3 is 2.41 bits per heavy atom. The van der Waals surface area contributed by atoms with Crippen LogP contribution in [-0.2, 0) is 11.3 Å². The molecular formula is C14H22N2O. The van der Waals surface area contributed by atoms with Gasteiger partial charge in [0.05, 0.1) is 6.54 Å². The highest BCUT2D eigenvalue weighted by molar-refractivity contribution is 5.77. The minimum atomic E-state index is 0.124. The van der Waals surface area contributed by atoms with Crippen molar-refractivity contribution in [3.05, 3.63) is 35.4 Å². The van der Waals surface area contributed by atoms with E-state index < -0.39 is 0 Å². The molecule has 0 aromatic heterocycles. The topological polar surface area (TPSA) is 32.3 Å². The molecule has 0 saturated carbocycles. The molecule has 17 heavy (non-hydrogen) atoms. The molecule has 1 aromatic carbocycles. The second kappa shape index (κ2) is 6.40. The molecule has 0 heterocycles. The van der Waals surface area contributed by atoms with Crippen LogP contribution in [0.15, 0.2) is 24.3 Å². The van der Waals surface area contributed by atoms with Gasteiger partial charge in [-0.3, -0.25) is 4.79 Å². The molecule has 1 N–H and O–H groups in total. The zero-order valence-electron chi connectivity index (χ0n) is 11.2. The van der Waals surface area contributed by atoms with Crippen molar-refractivity contribution in [3.8, 4) is 0 Å². The molecule has 0 aliphatic heterocycles. The SMILES string of the molecule is Cc1ccc(CN(C)C(=O)CNC(C)C)cc1. The van der Waals surface area contributed by atoms with Crippen LogP contribution < -0.4 is 5.32 Å². The smallest absolute Gasteiger partial charge is 0.236 e. The first-order chi connectivity index (χ1) is 7.99. The van der Waals surface area contributed by atoms with Crippen LogP contribution in [0.5, 0.6) is 0 Å². The van der Waals surface area contributed by atoms with Gasteiger partial charge in [0, 0.05) is 19.6 Å². The summed E-state index contributed by atoms with van der Waals surface area (Å²) in [7, 11) is 1.84. The van der Waals surface area contributed by atoms with Crippen molar-refractivity contribution in [2.45, 2.75) is 33.4 Å². The molecule has 1 aromatic rings. The molecule has 0 spiro atoms.